The summed E-state index contributed by atoms with van der Waals surface area (Å²) in [7, 11) is 0. The minimum absolute atomic E-state index is 0.0942. The summed E-state index contributed by atoms with van der Waals surface area (Å²) >= 11 is 3.18. The summed E-state index contributed by atoms with van der Waals surface area (Å²) in [6.45, 7) is 1.92. The number of aromatic nitrogens is 3. The van der Waals surface area contributed by atoms with E-state index in [2.05, 4.69) is 26.2 Å². The fraction of sp³-hybridized carbons (Fsp3) is 0.100. The molecule has 2 rings (SSSR count). The number of aryl methyl sites for hydroxylation is 1. The van der Waals surface area contributed by atoms with Crippen molar-refractivity contribution in [2.24, 2.45) is 0 Å². The van der Waals surface area contributed by atoms with E-state index in [0.29, 0.717) is 4.60 Å². The third kappa shape index (κ3) is 1.71. The Bertz CT molecular complexity index is 551. The number of hydrogen-bond acceptors (Lipinski definition) is 3. The molecule has 1 N–H and O–H groups in total. The summed E-state index contributed by atoms with van der Waals surface area (Å²) in [5.74, 6) is -1.10. The van der Waals surface area contributed by atoms with Crippen LogP contribution in [-0.2, 0) is 0 Å². The first-order valence-corrected chi connectivity index (χ1v) is 5.31. The van der Waals surface area contributed by atoms with Gasteiger partial charge in [0.2, 0.25) is 5.69 Å². The Morgan fingerprint density at radius 1 is 1.44 bits per heavy atom. The Morgan fingerprint density at radius 3 is 2.69 bits per heavy atom. The maximum absolute atomic E-state index is 10.8. The summed E-state index contributed by atoms with van der Waals surface area (Å²) < 4.78 is 1.80. The van der Waals surface area contributed by atoms with Gasteiger partial charge in [0.25, 0.3) is 0 Å². The lowest BCUT2D eigenvalue weighted by molar-refractivity contribution is 0.0689. The number of hydrogen-bond donors (Lipinski definition) is 1. The molecule has 0 aliphatic rings. The Kier molecular flexibility index (Phi) is 2.74. The first kappa shape index (κ1) is 10.8. The molecule has 0 aliphatic heterocycles. The van der Waals surface area contributed by atoms with Gasteiger partial charge in [0.05, 0.1) is 5.69 Å². The van der Waals surface area contributed by atoms with Crippen molar-refractivity contribution < 1.29 is 9.90 Å². The highest BCUT2D eigenvalue weighted by atomic mass is 79.9. The van der Waals surface area contributed by atoms with Gasteiger partial charge in [-0.25, -0.2) is 9.48 Å². The number of carbonyl (C=O) groups is 1. The van der Waals surface area contributed by atoms with Gasteiger partial charge >= 0.3 is 5.97 Å². The molecule has 0 fully saturated rings. The second kappa shape index (κ2) is 4.05. The van der Waals surface area contributed by atoms with E-state index in [-0.39, 0.29) is 5.69 Å². The molecular weight excluding hydrogens is 274 g/mol. The maximum atomic E-state index is 10.8. The zero-order valence-corrected chi connectivity index (χ0v) is 9.97. The number of carboxylic acids is 1. The smallest absolute Gasteiger partial charge is 0.359 e. The molecule has 5 nitrogen and oxygen atoms in total. The highest BCUT2D eigenvalue weighted by Gasteiger charge is 2.18. The van der Waals surface area contributed by atoms with E-state index < -0.39 is 5.97 Å². The molecule has 0 radical (unpaired) electrons. The van der Waals surface area contributed by atoms with Crippen LogP contribution in [0.5, 0.6) is 0 Å². The van der Waals surface area contributed by atoms with Crippen molar-refractivity contribution in [2.45, 2.75) is 6.92 Å². The molecular formula is C10H8BrN3O2. The fourth-order valence-corrected chi connectivity index (χ4v) is 1.87. The normalized spacial score (nSPS) is 10.4. The fourth-order valence-electron chi connectivity index (χ4n) is 1.36. The van der Waals surface area contributed by atoms with Gasteiger partial charge in [-0.05, 0) is 34.5 Å². The van der Waals surface area contributed by atoms with E-state index in [1.54, 1.807) is 0 Å². The van der Waals surface area contributed by atoms with Crippen molar-refractivity contribution in [3.8, 4) is 5.69 Å². The van der Waals surface area contributed by atoms with Gasteiger partial charge < -0.3 is 5.11 Å². The SMILES string of the molecule is Cc1ccccc1-n1nnc(C(=O)O)c1Br. The van der Waals surface area contributed by atoms with Crippen LogP contribution < -0.4 is 0 Å². The quantitative estimate of drug-likeness (QED) is 0.915. The van der Waals surface area contributed by atoms with Gasteiger partial charge in [-0.15, -0.1) is 5.10 Å². The molecule has 0 unspecified atom stereocenters. The van der Waals surface area contributed by atoms with Crippen LogP contribution in [0.3, 0.4) is 0 Å². The molecule has 1 heterocycles. The van der Waals surface area contributed by atoms with Crippen molar-refractivity contribution in [1.29, 1.82) is 0 Å². The monoisotopic (exact) mass is 281 g/mol. The molecule has 2 aromatic rings. The van der Waals surface area contributed by atoms with Gasteiger partial charge in [-0.1, -0.05) is 23.4 Å². The number of halogens is 1. The zero-order chi connectivity index (χ0) is 11.7. The Hall–Kier alpha value is -1.69. The van der Waals surface area contributed by atoms with Crippen molar-refractivity contribution >= 4 is 21.9 Å². The molecule has 0 saturated heterocycles. The lowest BCUT2D eigenvalue weighted by Crippen LogP contribution is -2.01. The van der Waals surface area contributed by atoms with Crippen LogP contribution in [0.4, 0.5) is 0 Å². The van der Waals surface area contributed by atoms with Gasteiger partial charge in [-0.2, -0.15) is 0 Å². The van der Waals surface area contributed by atoms with Crippen LogP contribution in [0.2, 0.25) is 0 Å². The number of para-hydroxylation sites is 1. The summed E-state index contributed by atoms with van der Waals surface area (Å²) in [5, 5.41) is 16.3. The van der Waals surface area contributed by atoms with Gasteiger partial charge in [0, 0.05) is 0 Å². The minimum Gasteiger partial charge on any atom is -0.476 e. The molecule has 0 aliphatic carbocycles. The van der Waals surface area contributed by atoms with Crippen LogP contribution in [0.25, 0.3) is 5.69 Å². The molecule has 0 saturated carbocycles. The van der Waals surface area contributed by atoms with Gasteiger partial charge in [0.15, 0.2) is 0 Å². The topological polar surface area (TPSA) is 68.0 Å². The molecule has 1 aromatic carbocycles. The minimum atomic E-state index is -1.10. The third-order valence-corrected chi connectivity index (χ3v) is 2.87. The zero-order valence-electron chi connectivity index (χ0n) is 8.38. The molecule has 0 spiro atoms. The molecule has 0 bridgehead atoms. The average molecular weight is 282 g/mol. The predicted octanol–water partition coefficient (Wildman–Crippen LogP) is 2.04. The summed E-state index contributed by atoms with van der Waals surface area (Å²) in [4.78, 5) is 10.8. The van der Waals surface area contributed by atoms with Crippen LogP contribution in [0.1, 0.15) is 16.1 Å². The van der Waals surface area contributed by atoms with E-state index >= 15 is 0 Å². The Balaban J connectivity index is 2.58. The lowest BCUT2D eigenvalue weighted by Gasteiger charge is -2.04. The Morgan fingerprint density at radius 2 is 2.12 bits per heavy atom. The predicted molar refractivity (Wildman–Crippen MR) is 60.8 cm³/mol. The third-order valence-electron chi connectivity index (χ3n) is 2.16. The van der Waals surface area contributed by atoms with Crippen molar-refractivity contribution in [1.82, 2.24) is 15.0 Å². The largest absolute Gasteiger partial charge is 0.476 e. The second-order valence-electron chi connectivity index (χ2n) is 3.23. The number of rotatable bonds is 2. The van der Waals surface area contributed by atoms with E-state index in [4.69, 9.17) is 5.11 Å². The summed E-state index contributed by atoms with van der Waals surface area (Å²) in [6.07, 6.45) is 0. The first-order valence-electron chi connectivity index (χ1n) is 4.51. The average Bonchev–Trinajstić information content (AvgIpc) is 2.61. The number of nitrogens with zero attached hydrogens (tertiary/aromatic N) is 3. The van der Waals surface area contributed by atoms with Crippen LogP contribution in [0, 0.1) is 6.92 Å². The highest BCUT2D eigenvalue weighted by molar-refractivity contribution is 9.10. The molecule has 82 valence electrons. The molecule has 0 atom stereocenters. The van der Waals surface area contributed by atoms with E-state index in [1.807, 2.05) is 31.2 Å². The molecule has 1 aromatic heterocycles. The molecule has 0 amide bonds. The lowest BCUT2D eigenvalue weighted by atomic mass is 10.2. The molecule has 16 heavy (non-hydrogen) atoms. The van der Waals surface area contributed by atoms with E-state index in [0.717, 1.165) is 11.3 Å². The van der Waals surface area contributed by atoms with Crippen molar-refractivity contribution in [3.05, 3.63) is 40.1 Å². The summed E-state index contributed by atoms with van der Waals surface area (Å²) in [5.41, 5.74) is 1.70. The Labute approximate surface area is 99.8 Å². The van der Waals surface area contributed by atoms with Crippen LogP contribution in [-0.4, -0.2) is 26.1 Å². The first-order chi connectivity index (χ1) is 7.61. The number of aromatic carboxylic acids is 1. The molecule has 6 heteroatoms. The number of benzene rings is 1. The van der Waals surface area contributed by atoms with Crippen LogP contribution >= 0.6 is 15.9 Å². The summed E-state index contributed by atoms with van der Waals surface area (Å²) in [6, 6.07) is 7.53. The van der Waals surface area contributed by atoms with E-state index in [1.165, 1.54) is 4.68 Å². The number of carboxylic acid groups (broad SMARTS) is 1. The van der Waals surface area contributed by atoms with Gasteiger partial charge in [-0.3, -0.25) is 0 Å². The van der Waals surface area contributed by atoms with E-state index in [9.17, 15) is 4.79 Å². The van der Waals surface area contributed by atoms with Gasteiger partial charge in [0.1, 0.15) is 4.60 Å². The maximum Gasteiger partial charge on any atom is 0.359 e. The highest BCUT2D eigenvalue weighted by Crippen LogP contribution is 2.20. The van der Waals surface area contributed by atoms with Crippen molar-refractivity contribution in [3.63, 3.8) is 0 Å². The van der Waals surface area contributed by atoms with Crippen molar-refractivity contribution in [2.75, 3.05) is 0 Å². The standard InChI is InChI=1S/C10H8BrN3O2/c1-6-4-2-3-5-7(6)14-9(11)8(10(15)16)12-13-14/h2-5H,1H3,(H,15,16). The second-order valence-corrected chi connectivity index (χ2v) is 3.98. The van der Waals surface area contributed by atoms with Crippen LogP contribution in [0.15, 0.2) is 28.9 Å².